The zero-order chi connectivity index (χ0) is 18.6. The van der Waals surface area contributed by atoms with E-state index in [1.54, 1.807) is 4.90 Å². The molecule has 142 valence electrons. The molecule has 0 unspecified atom stereocenters. The second kappa shape index (κ2) is 8.00. The Morgan fingerprint density at radius 3 is 2.85 bits per heavy atom. The average molecular weight is 386 g/mol. The van der Waals surface area contributed by atoms with Gasteiger partial charge in [0, 0.05) is 13.1 Å². The van der Waals surface area contributed by atoms with Crippen molar-refractivity contribution in [2.75, 3.05) is 26.2 Å². The first kappa shape index (κ1) is 17.9. The summed E-state index contributed by atoms with van der Waals surface area (Å²) in [5.41, 5.74) is 0. The van der Waals surface area contributed by atoms with Crippen LogP contribution in [0.2, 0.25) is 0 Å². The zero-order valence-corrected chi connectivity index (χ0v) is 15.7. The third-order valence-electron chi connectivity index (χ3n) is 4.88. The van der Waals surface area contributed by atoms with Crippen LogP contribution in [0, 0.1) is 5.92 Å². The molecule has 2 aliphatic rings. The van der Waals surface area contributed by atoms with Crippen molar-refractivity contribution in [3.8, 4) is 11.5 Å². The van der Waals surface area contributed by atoms with Gasteiger partial charge in [0.1, 0.15) is 12.7 Å². The molecule has 1 saturated heterocycles. The molecule has 1 N–H and O–H groups in total. The van der Waals surface area contributed by atoms with Gasteiger partial charge in [0.2, 0.25) is 5.91 Å². The van der Waals surface area contributed by atoms with E-state index < -0.39 is 0 Å². The van der Waals surface area contributed by atoms with Crippen molar-refractivity contribution < 1.29 is 19.1 Å². The minimum absolute atomic E-state index is 0.0168. The minimum atomic E-state index is -0.212. The van der Waals surface area contributed by atoms with E-state index >= 15 is 0 Å². The highest BCUT2D eigenvalue weighted by Crippen LogP contribution is 2.30. The quantitative estimate of drug-likeness (QED) is 0.877. The Morgan fingerprint density at radius 1 is 1.19 bits per heavy atom. The van der Waals surface area contributed by atoms with E-state index in [1.807, 2.05) is 41.8 Å². The molecule has 0 saturated carbocycles. The van der Waals surface area contributed by atoms with E-state index in [4.69, 9.17) is 9.47 Å². The van der Waals surface area contributed by atoms with E-state index in [1.165, 1.54) is 11.3 Å². The van der Waals surface area contributed by atoms with Gasteiger partial charge in [-0.25, -0.2) is 0 Å². The van der Waals surface area contributed by atoms with Gasteiger partial charge in [0.25, 0.3) is 5.91 Å². The van der Waals surface area contributed by atoms with Gasteiger partial charge in [-0.1, -0.05) is 18.2 Å². The Morgan fingerprint density at radius 2 is 2.04 bits per heavy atom. The molecule has 7 heteroatoms. The maximum Gasteiger partial charge on any atom is 0.263 e. The van der Waals surface area contributed by atoms with Crippen LogP contribution in [0.3, 0.4) is 0 Å². The summed E-state index contributed by atoms with van der Waals surface area (Å²) in [5.74, 6) is 1.24. The zero-order valence-electron chi connectivity index (χ0n) is 14.9. The predicted molar refractivity (Wildman–Crippen MR) is 102 cm³/mol. The SMILES string of the molecule is O=C(NC[C@@H]1COc2ccccc2O1)[C@H]1CCCN(C(=O)c2cccs2)C1. The van der Waals surface area contributed by atoms with Gasteiger partial charge in [-0.05, 0) is 36.4 Å². The molecule has 3 heterocycles. The van der Waals surface area contributed by atoms with Crippen LogP contribution < -0.4 is 14.8 Å². The normalized spacial score (nSPS) is 21.6. The number of fused-ring (bicyclic) bond motifs is 1. The number of ether oxygens (including phenoxy) is 2. The standard InChI is InChI=1S/C20H22N2O4S/c23-19(21-11-15-13-25-16-6-1-2-7-17(16)26-15)14-5-3-9-22(12-14)20(24)18-8-4-10-27-18/h1-2,4,6-8,10,14-15H,3,5,9,11-13H2,(H,21,23)/t14-,15+/m0/s1. The highest BCUT2D eigenvalue weighted by molar-refractivity contribution is 7.12. The Labute approximate surface area is 162 Å². The maximum atomic E-state index is 12.6. The smallest absolute Gasteiger partial charge is 0.263 e. The molecule has 2 aliphatic heterocycles. The van der Waals surface area contributed by atoms with Crippen LogP contribution in [-0.4, -0.2) is 49.1 Å². The summed E-state index contributed by atoms with van der Waals surface area (Å²) in [6.07, 6.45) is 1.42. The summed E-state index contributed by atoms with van der Waals surface area (Å²) in [6, 6.07) is 11.2. The lowest BCUT2D eigenvalue weighted by Gasteiger charge is -2.32. The number of hydrogen-bond donors (Lipinski definition) is 1. The number of carbonyl (C=O) groups is 2. The number of nitrogens with zero attached hydrogens (tertiary/aromatic N) is 1. The largest absolute Gasteiger partial charge is 0.486 e. The lowest BCUT2D eigenvalue weighted by Crippen LogP contribution is -2.48. The van der Waals surface area contributed by atoms with Crippen LogP contribution in [-0.2, 0) is 4.79 Å². The first-order valence-corrected chi connectivity index (χ1v) is 10.1. The molecule has 1 aromatic heterocycles. The fraction of sp³-hybridized carbons (Fsp3) is 0.400. The Balaban J connectivity index is 1.29. The second-order valence-corrected chi connectivity index (χ2v) is 7.76. The number of benzene rings is 1. The summed E-state index contributed by atoms with van der Waals surface area (Å²) in [6.45, 7) is 1.97. The molecular formula is C20H22N2O4S. The van der Waals surface area contributed by atoms with E-state index in [-0.39, 0.29) is 23.8 Å². The molecule has 0 aliphatic carbocycles. The van der Waals surface area contributed by atoms with Crippen molar-refractivity contribution in [2.24, 2.45) is 5.92 Å². The number of carbonyl (C=O) groups excluding carboxylic acids is 2. The van der Waals surface area contributed by atoms with Crippen LogP contribution in [0.1, 0.15) is 22.5 Å². The van der Waals surface area contributed by atoms with Crippen LogP contribution in [0.25, 0.3) is 0 Å². The lowest BCUT2D eigenvalue weighted by molar-refractivity contribution is -0.126. The first-order chi connectivity index (χ1) is 13.2. The van der Waals surface area contributed by atoms with Crippen molar-refractivity contribution >= 4 is 23.2 Å². The van der Waals surface area contributed by atoms with Crippen molar-refractivity contribution in [1.82, 2.24) is 10.2 Å². The number of nitrogens with one attached hydrogen (secondary N) is 1. The molecule has 6 nitrogen and oxygen atoms in total. The Bertz CT molecular complexity index is 808. The summed E-state index contributed by atoms with van der Waals surface area (Å²) < 4.78 is 11.6. The molecule has 4 rings (SSSR count). The Kier molecular flexibility index (Phi) is 5.29. The fourth-order valence-corrected chi connectivity index (χ4v) is 4.14. The highest BCUT2D eigenvalue weighted by atomic mass is 32.1. The topological polar surface area (TPSA) is 67.9 Å². The summed E-state index contributed by atoms with van der Waals surface area (Å²) in [7, 11) is 0. The number of piperidine rings is 1. The Hall–Kier alpha value is -2.54. The number of para-hydroxylation sites is 2. The average Bonchev–Trinajstić information content (AvgIpc) is 3.26. The summed E-state index contributed by atoms with van der Waals surface area (Å²) in [4.78, 5) is 27.6. The number of rotatable bonds is 4. The fourth-order valence-electron chi connectivity index (χ4n) is 3.45. The van der Waals surface area contributed by atoms with Crippen molar-refractivity contribution in [1.29, 1.82) is 0 Å². The van der Waals surface area contributed by atoms with Gasteiger partial charge in [-0.15, -0.1) is 11.3 Å². The molecule has 27 heavy (non-hydrogen) atoms. The van der Waals surface area contributed by atoms with E-state index in [9.17, 15) is 9.59 Å². The van der Waals surface area contributed by atoms with Crippen molar-refractivity contribution in [3.05, 3.63) is 46.7 Å². The number of likely N-dealkylation sites (tertiary alicyclic amines) is 1. The molecule has 1 fully saturated rings. The monoisotopic (exact) mass is 386 g/mol. The molecule has 2 amide bonds. The van der Waals surface area contributed by atoms with Crippen LogP contribution in [0.4, 0.5) is 0 Å². The number of hydrogen-bond acceptors (Lipinski definition) is 5. The van der Waals surface area contributed by atoms with Crippen molar-refractivity contribution in [2.45, 2.75) is 18.9 Å². The minimum Gasteiger partial charge on any atom is -0.486 e. The van der Waals surface area contributed by atoms with E-state index in [2.05, 4.69) is 5.32 Å². The second-order valence-electron chi connectivity index (χ2n) is 6.81. The van der Waals surface area contributed by atoms with Gasteiger partial charge in [-0.3, -0.25) is 9.59 Å². The number of amides is 2. The maximum absolute atomic E-state index is 12.6. The molecule has 2 atom stereocenters. The van der Waals surface area contributed by atoms with Gasteiger partial charge in [-0.2, -0.15) is 0 Å². The highest BCUT2D eigenvalue weighted by Gasteiger charge is 2.30. The predicted octanol–water partition coefficient (Wildman–Crippen LogP) is 2.56. The van der Waals surface area contributed by atoms with E-state index in [0.717, 1.165) is 23.5 Å². The van der Waals surface area contributed by atoms with Gasteiger partial charge in [0.05, 0.1) is 17.3 Å². The molecule has 0 bridgehead atoms. The summed E-state index contributed by atoms with van der Waals surface area (Å²) >= 11 is 1.44. The summed E-state index contributed by atoms with van der Waals surface area (Å²) in [5, 5.41) is 4.86. The van der Waals surface area contributed by atoms with Crippen molar-refractivity contribution in [3.63, 3.8) is 0 Å². The van der Waals surface area contributed by atoms with Crippen LogP contribution >= 0.6 is 11.3 Å². The van der Waals surface area contributed by atoms with Gasteiger partial charge in [0.15, 0.2) is 11.5 Å². The van der Waals surface area contributed by atoms with Gasteiger partial charge < -0.3 is 19.7 Å². The first-order valence-electron chi connectivity index (χ1n) is 9.19. The van der Waals surface area contributed by atoms with Crippen LogP contribution in [0.15, 0.2) is 41.8 Å². The lowest BCUT2D eigenvalue weighted by atomic mass is 9.97. The molecule has 0 spiro atoms. The molecular weight excluding hydrogens is 364 g/mol. The molecule has 2 aromatic rings. The molecule has 0 radical (unpaired) electrons. The third kappa shape index (κ3) is 4.08. The molecule has 1 aromatic carbocycles. The van der Waals surface area contributed by atoms with Crippen LogP contribution in [0.5, 0.6) is 11.5 Å². The van der Waals surface area contributed by atoms with Gasteiger partial charge >= 0.3 is 0 Å². The van der Waals surface area contributed by atoms with E-state index in [0.29, 0.717) is 32.0 Å². The number of thiophene rings is 1. The third-order valence-corrected chi connectivity index (χ3v) is 5.74.